The van der Waals surface area contributed by atoms with Crippen LogP contribution in [-0.4, -0.2) is 16.9 Å². The Bertz CT molecular complexity index is 409. The summed E-state index contributed by atoms with van der Waals surface area (Å²) >= 11 is 0. The van der Waals surface area contributed by atoms with Crippen LogP contribution in [0.4, 0.5) is 0 Å². The zero-order chi connectivity index (χ0) is 13.7. The van der Waals surface area contributed by atoms with Crippen molar-refractivity contribution in [3.05, 3.63) is 35.9 Å². The highest BCUT2D eigenvalue weighted by atomic mass is 16.4. The Morgan fingerprint density at radius 1 is 1.17 bits per heavy atom. The smallest absolute Gasteiger partial charge is 0.314 e. The molecule has 0 aliphatic carbocycles. The van der Waals surface area contributed by atoms with Gasteiger partial charge in [-0.05, 0) is 17.9 Å². The molecule has 98 valence electrons. The van der Waals surface area contributed by atoms with E-state index < -0.39 is 11.9 Å². The van der Waals surface area contributed by atoms with Crippen LogP contribution in [-0.2, 0) is 9.59 Å². The largest absolute Gasteiger partial charge is 0.481 e. The van der Waals surface area contributed by atoms with E-state index in [2.05, 4.69) is 0 Å². The summed E-state index contributed by atoms with van der Waals surface area (Å²) in [5.74, 6) is -2.65. The highest BCUT2D eigenvalue weighted by Gasteiger charge is 2.34. The van der Waals surface area contributed by atoms with Crippen molar-refractivity contribution < 1.29 is 14.7 Å². The fourth-order valence-corrected chi connectivity index (χ4v) is 2.24. The molecule has 0 heterocycles. The van der Waals surface area contributed by atoms with Crippen LogP contribution in [0.25, 0.3) is 0 Å². The van der Waals surface area contributed by atoms with Crippen molar-refractivity contribution in [2.24, 2.45) is 11.8 Å². The Morgan fingerprint density at radius 3 is 2.11 bits per heavy atom. The van der Waals surface area contributed by atoms with Gasteiger partial charge in [-0.3, -0.25) is 9.59 Å². The lowest BCUT2D eigenvalue weighted by Gasteiger charge is -2.21. The first-order valence-electron chi connectivity index (χ1n) is 6.30. The van der Waals surface area contributed by atoms with Gasteiger partial charge in [0.25, 0.3) is 0 Å². The summed E-state index contributed by atoms with van der Waals surface area (Å²) in [6.07, 6.45) is 0.624. The Hall–Kier alpha value is -1.64. The van der Waals surface area contributed by atoms with Crippen molar-refractivity contribution in [2.75, 3.05) is 0 Å². The van der Waals surface area contributed by atoms with Crippen LogP contribution >= 0.6 is 0 Å². The molecule has 0 spiro atoms. The minimum atomic E-state index is -1.02. The van der Waals surface area contributed by atoms with E-state index in [-0.39, 0.29) is 17.6 Å². The molecule has 18 heavy (non-hydrogen) atoms. The fraction of sp³-hybridized carbons (Fsp3) is 0.467. The number of hydrogen-bond donors (Lipinski definition) is 1. The third kappa shape index (κ3) is 3.19. The van der Waals surface area contributed by atoms with Crippen LogP contribution in [0.1, 0.15) is 38.7 Å². The molecule has 0 aliphatic heterocycles. The lowest BCUT2D eigenvalue weighted by atomic mass is 9.81. The van der Waals surface area contributed by atoms with Gasteiger partial charge in [0.05, 0.1) is 0 Å². The van der Waals surface area contributed by atoms with Gasteiger partial charge in [0.1, 0.15) is 5.92 Å². The lowest BCUT2D eigenvalue weighted by Crippen LogP contribution is -2.32. The molecule has 2 unspecified atom stereocenters. The van der Waals surface area contributed by atoms with Crippen LogP contribution in [0.15, 0.2) is 30.3 Å². The summed E-state index contributed by atoms with van der Waals surface area (Å²) in [6.45, 7) is 5.46. The number of aliphatic carboxylic acids is 1. The van der Waals surface area contributed by atoms with Crippen molar-refractivity contribution in [3.63, 3.8) is 0 Å². The van der Waals surface area contributed by atoms with Crippen LogP contribution in [0, 0.1) is 11.8 Å². The first-order chi connectivity index (χ1) is 8.49. The van der Waals surface area contributed by atoms with Gasteiger partial charge in [-0.2, -0.15) is 0 Å². The second-order valence-electron chi connectivity index (χ2n) is 4.83. The number of carbonyl (C=O) groups excluding carboxylic acids is 1. The van der Waals surface area contributed by atoms with Gasteiger partial charge in [-0.1, -0.05) is 51.1 Å². The minimum Gasteiger partial charge on any atom is -0.481 e. The maximum Gasteiger partial charge on any atom is 0.314 e. The second kappa shape index (κ2) is 6.34. The molecule has 0 amide bonds. The molecule has 0 radical (unpaired) electrons. The molecule has 0 saturated carbocycles. The molecule has 3 nitrogen and oxygen atoms in total. The van der Waals surface area contributed by atoms with Crippen LogP contribution in [0.3, 0.4) is 0 Å². The normalized spacial score (nSPS) is 14.2. The number of hydrogen-bond acceptors (Lipinski definition) is 2. The number of Topliss-reactive ketones (excluding diaryl/α,β-unsaturated/α-hetero) is 1. The molecule has 2 atom stereocenters. The van der Waals surface area contributed by atoms with Crippen molar-refractivity contribution in [1.82, 2.24) is 0 Å². The van der Waals surface area contributed by atoms with Gasteiger partial charge in [-0.25, -0.2) is 0 Å². The average Bonchev–Trinajstić information content (AvgIpc) is 2.30. The summed E-state index contributed by atoms with van der Waals surface area (Å²) in [5, 5.41) is 9.18. The van der Waals surface area contributed by atoms with Crippen LogP contribution in [0.2, 0.25) is 0 Å². The van der Waals surface area contributed by atoms with Gasteiger partial charge >= 0.3 is 5.97 Å². The van der Waals surface area contributed by atoms with Crippen molar-refractivity contribution in [1.29, 1.82) is 0 Å². The van der Waals surface area contributed by atoms with Gasteiger partial charge < -0.3 is 5.11 Å². The quantitative estimate of drug-likeness (QED) is 0.787. The Labute approximate surface area is 108 Å². The standard InChI is InChI=1S/C15H20O3/c1-4-12(11-8-6-5-7-9-11)14(16)13(10(2)3)15(17)18/h5-10,12-13H,4H2,1-3H3,(H,17,18). The molecule has 0 bridgehead atoms. The Balaban J connectivity index is 3.02. The molecule has 1 aromatic carbocycles. The second-order valence-corrected chi connectivity index (χ2v) is 4.83. The van der Waals surface area contributed by atoms with Crippen LogP contribution in [0.5, 0.6) is 0 Å². The monoisotopic (exact) mass is 248 g/mol. The highest BCUT2D eigenvalue weighted by Crippen LogP contribution is 2.27. The number of benzene rings is 1. The average molecular weight is 248 g/mol. The van der Waals surface area contributed by atoms with E-state index in [1.54, 1.807) is 13.8 Å². The maximum absolute atomic E-state index is 12.4. The zero-order valence-corrected chi connectivity index (χ0v) is 11.1. The molecule has 0 fully saturated rings. The summed E-state index contributed by atoms with van der Waals surface area (Å²) in [4.78, 5) is 23.6. The molecule has 0 saturated heterocycles. The van der Waals surface area contributed by atoms with E-state index in [0.29, 0.717) is 6.42 Å². The first kappa shape index (κ1) is 14.4. The fourth-order valence-electron chi connectivity index (χ4n) is 2.24. The summed E-state index contributed by atoms with van der Waals surface area (Å²) in [7, 11) is 0. The number of carboxylic acids is 1. The van der Waals surface area contributed by atoms with Gasteiger partial charge in [0.15, 0.2) is 5.78 Å². The minimum absolute atomic E-state index is 0.187. The van der Waals surface area contributed by atoms with E-state index in [1.807, 2.05) is 37.3 Å². The van der Waals surface area contributed by atoms with Crippen molar-refractivity contribution in [2.45, 2.75) is 33.1 Å². The summed E-state index contributed by atoms with van der Waals surface area (Å²) in [5.41, 5.74) is 0.900. The summed E-state index contributed by atoms with van der Waals surface area (Å²) < 4.78 is 0. The van der Waals surface area contributed by atoms with Gasteiger partial charge in [0, 0.05) is 5.92 Å². The SMILES string of the molecule is CCC(C(=O)C(C(=O)O)C(C)C)c1ccccc1. The number of carbonyl (C=O) groups is 2. The first-order valence-corrected chi connectivity index (χ1v) is 6.30. The lowest BCUT2D eigenvalue weighted by molar-refractivity contribution is -0.148. The third-order valence-electron chi connectivity index (χ3n) is 3.19. The van der Waals surface area contributed by atoms with Gasteiger partial charge in [0.2, 0.25) is 0 Å². The number of rotatable bonds is 6. The Kier molecular flexibility index (Phi) is 5.08. The predicted molar refractivity (Wildman–Crippen MR) is 70.4 cm³/mol. The number of ketones is 1. The van der Waals surface area contributed by atoms with Crippen LogP contribution < -0.4 is 0 Å². The third-order valence-corrected chi connectivity index (χ3v) is 3.19. The van der Waals surface area contributed by atoms with Gasteiger partial charge in [-0.15, -0.1) is 0 Å². The molecule has 0 aromatic heterocycles. The molecule has 1 aromatic rings. The van der Waals surface area contributed by atoms with Crippen molar-refractivity contribution in [3.8, 4) is 0 Å². The summed E-state index contributed by atoms with van der Waals surface area (Å²) in [6, 6.07) is 9.39. The molecule has 1 rings (SSSR count). The number of carboxylic acid groups (broad SMARTS) is 1. The van der Waals surface area contributed by atoms with E-state index in [0.717, 1.165) is 5.56 Å². The topological polar surface area (TPSA) is 54.4 Å². The molecule has 0 aliphatic rings. The highest BCUT2D eigenvalue weighted by molar-refractivity contribution is 6.01. The zero-order valence-electron chi connectivity index (χ0n) is 11.1. The van der Waals surface area contributed by atoms with E-state index in [1.165, 1.54) is 0 Å². The van der Waals surface area contributed by atoms with E-state index >= 15 is 0 Å². The Morgan fingerprint density at radius 2 is 1.72 bits per heavy atom. The molecular weight excluding hydrogens is 228 g/mol. The maximum atomic E-state index is 12.4. The molecule has 1 N–H and O–H groups in total. The molecular formula is C15H20O3. The van der Waals surface area contributed by atoms with E-state index in [9.17, 15) is 14.7 Å². The van der Waals surface area contributed by atoms with Crippen molar-refractivity contribution >= 4 is 11.8 Å². The van der Waals surface area contributed by atoms with E-state index in [4.69, 9.17) is 0 Å². The molecule has 3 heteroatoms. The predicted octanol–water partition coefficient (Wildman–Crippen LogP) is 3.11.